The molecule has 3 aromatic carbocycles. The lowest BCUT2D eigenvalue weighted by Crippen LogP contribution is -2.71. The number of ether oxygens (including phenoxy) is 1. The molecule has 2 heterocycles. The van der Waals surface area contributed by atoms with Crippen LogP contribution in [0.1, 0.15) is 22.8 Å². The van der Waals surface area contributed by atoms with E-state index in [1.165, 1.54) is 0 Å². The molecular formula is C29H23F3N2O6S2. The highest BCUT2D eigenvalue weighted by Gasteiger charge is 2.59. The van der Waals surface area contributed by atoms with E-state index in [9.17, 15) is 36.0 Å². The van der Waals surface area contributed by atoms with Crippen LogP contribution in [0.4, 0.5) is 13.2 Å². The molecule has 8 nitrogen and oxygen atoms in total. The highest BCUT2D eigenvalue weighted by molar-refractivity contribution is 8.03. The molecule has 1 fully saturated rings. The summed E-state index contributed by atoms with van der Waals surface area (Å²) in [6.07, 6.45) is -1.18. The first-order valence-corrected chi connectivity index (χ1v) is 15.2. The van der Waals surface area contributed by atoms with Crippen LogP contribution >= 0.6 is 11.8 Å². The van der Waals surface area contributed by atoms with Gasteiger partial charge in [0.25, 0.3) is 15.7 Å². The van der Waals surface area contributed by atoms with Gasteiger partial charge in [-0.15, -0.1) is 11.8 Å². The lowest BCUT2D eigenvalue weighted by molar-refractivity contribution is -0.154. The molecule has 42 heavy (non-hydrogen) atoms. The predicted molar refractivity (Wildman–Crippen MR) is 148 cm³/mol. The fourth-order valence-electron chi connectivity index (χ4n) is 4.68. The summed E-state index contributed by atoms with van der Waals surface area (Å²) >= 11 is 0.703. The summed E-state index contributed by atoms with van der Waals surface area (Å²) < 4.78 is 71.9. The predicted octanol–water partition coefficient (Wildman–Crippen LogP) is 4.11. The highest BCUT2D eigenvalue weighted by atomic mass is 32.2. The van der Waals surface area contributed by atoms with Gasteiger partial charge in [-0.3, -0.25) is 14.5 Å². The fourth-order valence-corrected chi connectivity index (χ4v) is 7.41. The normalized spacial score (nSPS) is 18.8. The Morgan fingerprint density at radius 2 is 1.45 bits per heavy atom. The van der Waals surface area contributed by atoms with Crippen molar-refractivity contribution in [1.82, 2.24) is 10.2 Å². The monoisotopic (exact) mass is 616 g/mol. The molecule has 0 bridgehead atoms. The van der Waals surface area contributed by atoms with Crippen LogP contribution in [-0.2, 0) is 35.4 Å². The van der Waals surface area contributed by atoms with E-state index >= 15 is 0 Å². The Labute approximate surface area is 243 Å². The van der Waals surface area contributed by atoms with Crippen LogP contribution < -0.4 is 5.32 Å². The average Bonchev–Trinajstić information content (AvgIpc) is 2.98. The Balaban J connectivity index is 1.48. The molecule has 0 aromatic heterocycles. The molecule has 3 aromatic rings. The average molecular weight is 617 g/mol. The topological polar surface area (TPSA) is 110 Å². The van der Waals surface area contributed by atoms with Gasteiger partial charge in [0.05, 0.1) is 11.3 Å². The van der Waals surface area contributed by atoms with Crippen molar-refractivity contribution in [2.45, 2.75) is 29.4 Å². The van der Waals surface area contributed by atoms with Gasteiger partial charge in [-0.25, -0.2) is 13.2 Å². The molecular weight excluding hydrogens is 593 g/mol. The van der Waals surface area contributed by atoms with Gasteiger partial charge in [-0.2, -0.15) is 13.2 Å². The van der Waals surface area contributed by atoms with Crippen molar-refractivity contribution in [1.29, 1.82) is 0 Å². The number of β-lactam (4-membered cyclic amide) rings is 1. The maximum atomic E-state index is 13.7. The summed E-state index contributed by atoms with van der Waals surface area (Å²) in [4.78, 5) is 38.9. The Morgan fingerprint density at radius 3 is 1.98 bits per heavy atom. The van der Waals surface area contributed by atoms with Crippen molar-refractivity contribution in [3.63, 3.8) is 0 Å². The Bertz CT molecular complexity index is 1590. The molecule has 0 spiro atoms. The quantitative estimate of drug-likeness (QED) is 0.300. The van der Waals surface area contributed by atoms with E-state index in [4.69, 9.17) is 4.74 Å². The number of sulfone groups is 1. The number of hydrogen-bond acceptors (Lipinski definition) is 7. The van der Waals surface area contributed by atoms with Crippen LogP contribution in [0.25, 0.3) is 0 Å². The fraction of sp³-hybridized carbons (Fsp3) is 0.207. The molecule has 0 saturated carbocycles. The molecule has 13 heteroatoms. The summed E-state index contributed by atoms with van der Waals surface area (Å²) in [7, 11) is -6.01. The van der Waals surface area contributed by atoms with Crippen LogP contribution in [0.15, 0.2) is 102 Å². The zero-order valence-corrected chi connectivity index (χ0v) is 23.3. The SMILES string of the molecule is O=C(Cc1ccccc1)N[C@@H]1C(=O)N2C(C(=O)OC(c3ccccc3)c3ccccc3)=C(S(=O)(=O)C(F)(F)F)CS[C@H]12. The number of carbonyl (C=O) groups excluding carboxylic acids is 3. The number of nitrogens with one attached hydrogen (secondary N) is 1. The first kappa shape index (κ1) is 29.4. The van der Waals surface area contributed by atoms with Gasteiger partial charge < -0.3 is 10.1 Å². The summed E-state index contributed by atoms with van der Waals surface area (Å²) in [5, 5.41) is 1.54. The number of rotatable bonds is 8. The van der Waals surface area contributed by atoms with Crippen molar-refractivity contribution >= 4 is 39.4 Å². The van der Waals surface area contributed by atoms with Crippen LogP contribution in [0.2, 0.25) is 0 Å². The number of nitrogens with zero attached hydrogens (tertiary/aromatic N) is 1. The van der Waals surface area contributed by atoms with Crippen molar-refractivity contribution < 1.29 is 40.7 Å². The standard InChI is InChI=1S/C29H23F3N2O6S2/c30-29(31,32)42(38,39)21-17-41-27-23(33-22(35)16-18-10-4-1-5-11-18)26(36)34(27)24(21)28(37)40-25(19-12-6-2-7-13-19)20-14-8-3-9-15-20/h1-15,23,25,27H,16-17H2,(H,33,35)/t23-,27-/m1/s1. The van der Waals surface area contributed by atoms with Gasteiger partial charge in [0.1, 0.15) is 17.1 Å². The van der Waals surface area contributed by atoms with E-state index in [1.54, 1.807) is 91.0 Å². The van der Waals surface area contributed by atoms with Gasteiger partial charge in [-0.05, 0) is 16.7 Å². The van der Waals surface area contributed by atoms with Crippen molar-refractivity contribution in [2.75, 3.05) is 5.75 Å². The Kier molecular flexibility index (Phi) is 8.15. The summed E-state index contributed by atoms with van der Waals surface area (Å²) in [5.74, 6) is -3.61. The second-order valence-electron chi connectivity index (χ2n) is 9.45. The number of thioether (sulfide) groups is 1. The summed E-state index contributed by atoms with van der Waals surface area (Å²) in [5.41, 5.74) is -5.12. The number of halogens is 3. The van der Waals surface area contributed by atoms with E-state index in [1.807, 2.05) is 0 Å². The van der Waals surface area contributed by atoms with Gasteiger partial charge in [0.15, 0.2) is 6.10 Å². The summed E-state index contributed by atoms with van der Waals surface area (Å²) in [6.45, 7) is 0. The molecule has 2 amide bonds. The molecule has 0 unspecified atom stereocenters. The molecule has 0 aliphatic carbocycles. The van der Waals surface area contributed by atoms with Crippen molar-refractivity contribution in [3.05, 3.63) is 118 Å². The van der Waals surface area contributed by atoms with E-state index in [-0.39, 0.29) is 6.42 Å². The molecule has 5 rings (SSSR count). The number of carbonyl (C=O) groups is 3. The molecule has 1 saturated heterocycles. The zero-order valence-electron chi connectivity index (χ0n) is 21.7. The highest BCUT2D eigenvalue weighted by Crippen LogP contribution is 2.45. The van der Waals surface area contributed by atoms with E-state index < -0.39 is 67.0 Å². The molecule has 2 aliphatic heterocycles. The number of alkyl halides is 3. The third-order valence-electron chi connectivity index (χ3n) is 6.71. The maximum Gasteiger partial charge on any atom is 0.501 e. The largest absolute Gasteiger partial charge is 0.501 e. The van der Waals surface area contributed by atoms with Crippen LogP contribution in [-0.4, -0.2) is 53.8 Å². The lowest BCUT2D eigenvalue weighted by Gasteiger charge is -2.49. The van der Waals surface area contributed by atoms with Gasteiger partial charge in [0, 0.05) is 5.75 Å². The second-order valence-corrected chi connectivity index (χ2v) is 12.5. The van der Waals surface area contributed by atoms with E-state index in [2.05, 4.69) is 5.32 Å². The van der Waals surface area contributed by atoms with Crippen molar-refractivity contribution in [2.24, 2.45) is 0 Å². The Hall–Kier alpha value is -4.10. The number of benzene rings is 3. The van der Waals surface area contributed by atoms with Crippen LogP contribution in [0.5, 0.6) is 0 Å². The second kappa shape index (κ2) is 11.6. The van der Waals surface area contributed by atoms with Crippen molar-refractivity contribution in [3.8, 4) is 0 Å². The van der Waals surface area contributed by atoms with Gasteiger partial charge in [0.2, 0.25) is 5.91 Å². The van der Waals surface area contributed by atoms with E-state index in [0.717, 1.165) is 0 Å². The molecule has 2 atom stereocenters. The lowest BCUT2D eigenvalue weighted by atomic mass is 10.0. The molecule has 218 valence electrons. The Morgan fingerprint density at radius 1 is 0.929 bits per heavy atom. The van der Waals surface area contributed by atoms with Crippen LogP contribution in [0, 0.1) is 0 Å². The first-order chi connectivity index (χ1) is 20.0. The maximum absolute atomic E-state index is 13.7. The third kappa shape index (κ3) is 5.66. The molecule has 0 radical (unpaired) electrons. The van der Waals surface area contributed by atoms with Crippen LogP contribution in [0.3, 0.4) is 0 Å². The van der Waals surface area contributed by atoms with Gasteiger partial charge >= 0.3 is 11.5 Å². The summed E-state index contributed by atoms with van der Waals surface area (Å²) in [6, 6.07) is 24.2. The number of esters is 1. The minimum absolute atomic E-state index is 0.0592. The zero-order chi connectivity index (χ0) is 30.1. The smallest absolute Gasteiger partial charge is 0.448 e. The number of hydrogen-bond donors (Lipinski definition) is 1. The minimum Gasteiger partial charge on any atom is -0.448 e. The first-order valence-electron chi connectivity index (χ1n) is 12.6. The molecule has 2 aliphatic rings. The molecule has 1 N–H and O–H groups in total. The minimum atomic E-state index is -6.01. The third-order valence-corrected chi connectivity index (χ3v) is 9.77. The number of fused-ring (bicyclic) bond motifs is 1. The van der Waals surface area contributed by atoms with Gasteiger partial charge in [-0.1, -0.05) is 91.0 Å². The number of amides is 2. The van der Waals surface area contributed by atoms with E-state index in [0.29, 0.717) is 33.4 Å².